The average Bonchev–Trinajstić information content (AvgIpc) is 2.47. The molecule has 1 N–H and O–H groups in total. The van der Waals surface area contributed by atoms with Gasteiger partial charge in [0, 0.05) is 10.6 Å². The highest BCUT2D eigenvalue weighted by Crippen LogP contribution is 2.19. The van der Waals surface area contributed by atoms with Gasteiger partial charge in [-0.1, -0.05) is 24.3 Å². The fourth-order valence-corrected chi connectivity index (χ4v) is 3.74. The molecule has 0 amide bonds. The van der Waals surface area contributed by atoms with Gasteiger partial charge in [0.1, 0.15) is 5.03 Å². The van der Waals surface area contributed by atoms with Crippen LogP contribution >= 0.6 is 12.4 Å². The van der Waals surface area contributed by atoms with Crippen LogP contribution in [-0.2, 0) is 10.8 Å². The van der Waals surface area contributed by atoms with E-state index < -0.39 is 10.8 Å². The predicted octanol–water partition coefficient (Wildman–Crippen LogP) is 2.52. The molecule has 19 heavy (non-hydrogen) atoms. The molecule has 1 fully saturated rings. The van der Waals surface area contributed by atoms with Crippen molar-refractivity contribution in [1.82, 2.24) is 10.3 Å². The van der Waals surface area contributed by atoms with Gasteiger partial charge >= 0.3 is 0 Å². The van der Waals surface area contributed by atoms with Gasteiger partial charge in [-0.2, -0.15) is 0 Å². The maximum absolute atomic E-state index is 12.5. The van der Waals surface area contributed by atoms with Crippen molar-refractivity contribution < 1.29 is 4.21 Å². The summed E-state index contributed by atoms with van der Waals surface area (Å²) in [5.74, 6) is 0. The largest absolute Gasteiger partial charge is 0.317 e. The van der Waals surface area contributed by atoms with Crippen molar-refractivity contribution in [2.24, 2.45) is 0 Å². The maximum atomic E-state index is 12.5. The molecule has 0 radical (unpaired) electrons. The van der Waals surface area contributed by atoms with E-state index in [1.165, 1.54) is 0 Å². The summed E-state index contributed by atoms with van der Waals surface area (Å²) in [6.07, 6.45) is 1.95. The van der Waals surface area contributed by atoms with E-state index in [1.807, 2.05) is 36.4 Å². The van der Waals surface area contributed by atoms with Gasteiger partial charge in [0.05, 0.1) is 16.3 Å². The van der Waals surface area contributed by atoms with Crippen LogP contribution in [0.4, 0.5) is 0 Å². The summed E-state index contributed by atoms with van der Waals surface area (Å²) >= 11 is 0. The van der Waals surface area contributed by atoms with Gasteiger partial charge in [0.15, 0.2) is 0 Å². The lowest BCUT2D eigenvalue weighted by Crippen LogP contribution is -2.33. The van der Waals surface area contributed by atoms with E-state index in [4.69, 9.17) is 0 Å². The Hall–Kier alpha value is -0.970. The van der Waals surface area contributed by atoms with Crippen molar-refractivity contribution in [2.45, 2.75) is 23.1 Å². The zero-order valence-corrected chi connectivity index (χ0v) is 12.2. The molecule has 3 nitrogen and oxygen atoms in total. The number of hydrogen-bond donors (Lipinski definition) is 1. The van der Waals surface area contributed by atoms with Crippen molar-refractivity contribution in [3.63, 3.8) is 0 Å². The standard InChI is InChI=1S/C14H16N2OS.ClH/c17-18(12-7-9-15-10-8-12)14-6-5-11-3-1-2-4-13(11)16-14;/h1-6,12,15H,7-10H2;1H. The van der Waals surface area contributed by atoms with Crippen LogP contribution < -0.4 is 5.32 Å². The highest BCUT2D eigenvalue weighted by atomic mass is 35.5. The summed E-state index contributed by atoms with van der Waals surface area (Å²) in [5.41, 5.74) is 0.928. The summed E-state index contributed by atoms with van der Waals surface area (Å²) < 4.78 is 12.5. The highest BCUT2D eigenvalue weighted by Gasteiger charge is 2.21. The Morgan fingerprint density at radius 1 is 1.11 bits per heavy atom. The van der Waals surface area contributed by atoms with Crippen molar-refractivity contribution in [2.75, 3.05) is 13.1 Å². The van der Waals surface area contributed by atoms with E-state index in [1.54, 1.807) is 0 Å². The quantitative estimate of drug-likeness (QED) is 0.926. The van der Waals surface area contributed by atoms with Gasteiger partial charge in [-0.15, -0.1) is 12.4 Å². The second kappa shape index (κ2) is 6.46. The molecule has 1 aliphatic rings. The van der Waals surface area contributed by atoms with E-state index in [0.717, 1.165) is 41.9 Å². The third-order valence-electron chi connectivity index (χ3n) is 3.37. The lowest BCUT2D eigenvalue weighted by Gasteiger charge is -2.21. The summed E-state index contributed by atoms with van der Waals surface area (Å²) in [4.78, 5) is 4.53. The van der Waals surface area contributed by atoms with Gasteiger partial charge in [-0.25, -0.2) is 4.98 Å². The number of aromatic nitrogens is 1. The normalized spacial score (nSPS) is 17.9. The number of piperidine rings is 1. The number of nitrogens with one attached hydrogen (secondary N) is 1. The number of halogens is 1. The molecule has 0 bridgehead atoms. The highest BCUT2D eigenvalue weighted by molar-refractivity contribution is 7.85. The molecule has 0 spiro atoms. The smallest absolute Gasteiger partial charge is 0.128 e. The third-order valence-corrected chi connectivity index (χ3v) is 5.08. The lowest BCUT2D eigenvalue weighted by atomic mass is 10.2. The Labute approximate surface area is 121 Å². The number of para-hydroxylation sites is 1. The van der Waals surface area contributed by atoms with E-state index in [-0.39, 0.29) is 17.7 Å². The minimum absolute atomic E-state index is 0. The fraction of sp³-hybridized carbons (Fsp3) is 0.357. The van der Waals surface area contributed by atoms with Crippen molar-refractivity contribution >= 4 is 34.1 Å². The zero-order chi connectivity index (χ0) is 12.4. The van der Waals surface area contributed by atoms with Crippen LogP contribution in [0.25, 0.3) is 10.9 Å². The fourth-order valence-electron chi connectivity index (χ4n) is 2.34. The van der Waals surface area contributed by atoms with Crippen LogP contribution in [0.3, 0.4) is 0 Å². The zero-order valence-electron chi connectivity index (χ0n) is 10.5. The van der Waals surface area contributed by atoms with Crippen LogP contribution in [0, 0.1) is 0 Å². The van der Waals surface area contributed by atoms with Gasteiger partial charge in [0.2, 0.25) is 0 Å². The van der Waals surface area contributed by atoms with Crippen LogP contribution in [0.2, 0.25) is 0 Å². The van der Waals surface area contributed by atoms with E-state index in [0.29, 0.717) is 0 Å². The Morgan fingerprint density at radius 3 is 2.63 bits per heavy atom. The molecule has 1 aromatic heterocycles. The topological polar surface area (TPSA) is 42.0 Å². The number of rotatable bonds is 2. The molecule has 0 saturated carbocycles. The Balaban J connectivity index is 0.00000133. The minimum atomic E-state index is -0.977. The molecule has 1 aliphatic heterocycles. The number of fused-ring (bicyclic) bond motifs is 1. The maximum Gasteiger partial charge on any atom is 0.128 e. The molecule has 5 heteroatoms. The lowest BCUT2D eigenvalue weighted by molar-refractivity contribution is 0.519. The van der Waals surface area contributed by atoms with Gasteiger partial charge in [0.25, 0.3) is 0 Å². The first-order valence-corrected chi connectivity index (χ1v) is 7.53. The molecular weight excluding hydrogens is 280 g/mol. The van der Waals surface area contributed by atoms with Crippen molar-refractivity contribution in [3.8, 4) is 0 Å². The molecule has 3 rings (SSSR count). The van der Waals surface area contributed by atoms with Gasteiger partial charge < -0.3 is 5.32 Å². The van der Waals surface area contributed by atoms with Gasteiger partial charge in [-0.3, -0.25) is 4.21 Å². The van der Waals surface area contributed by atoms with E-state index in [2.05, 4.69) is 10.3 Å². The van der Waals surface area contributed by atoms with Crippen LogP contribution in [-0.4, -0.2) is 27.5 Å². The molecule has 102 valence electrons. The molecule has 1 aromatic carbocycles. The monoisotopic (exact) mass is 296 g/mol. The number of pyridine rings is 1. The molecule has 2 heterocycles. The third kappa shape index (κ3) is 3.14. The minimum Gasteiger partial charge on any atom is -0.317 e. The Kier molecular flexibility index (Phi) is 4.91. The summed E-state index contributed by atoms with van der Waals surface area (Å²) in [6, 6.07) is 11.9. The predicted molar refractivity (Wildman–Crippen MR) is 81.3 cm³/mol. The summed E-state index contributed by atoms with van der Waals surface area (Å²) in [7, 11) is -0.977. The molecule has 0 aliphatic carbocycles. The average molecular weight is 297 g/mol. The first-order chi connectivity index (χ1) is 8.84. The molecule has 1 saturated heterocycles. The first-order valence-electron chi connectivity index (χ1n) is 6.32. The molecule has 1 unspecified atom stereocenters. The van der Waals surface area contributed by atoms with E-state index in [9.17, 15) is 4.21 Å². The van der Waals surface area contributed by atoms with Gasteiger partial charge in [-0.05, 0) is 38.1 Å². The van der Waals surface area contributed by atoms with Crippen molar-refractivity contribution in [1.29, 1.82) is 0 Å². The van der Waals surface area contributed by atoms with Crippen LogP contribution in [0.1, 0.15) is 12.8 Å². The second-order valence-electron chi connectivity index (χ2n) is 4.59. The van der Waals surface area contributed by atoms with Crippen LogP contribution in [0.15, 0.2) is 41.4 Å². The SMILES string of the molecule is Cl.O=S(c1ccc2ccccc2n1)C1CCNCC1. The molecular formula is C14H17ClN2OS. The Morgan fingerprint density at radius 2 is 1.84 bits per heavy atom. The van der Waals surface area contributed by atoms with Crippen LogP contribution in [0.5, 0.6) is 0 Å². The Bertz CT molecular complexity index is 584. The molecule has 1 atom stereocenters. The number of hydrogen-bond acceptors (Lipinski definition) is 3. The number of nitrogens with zero attached hydrogens (tertiary/aromatic N) is 1. The number of benzene rings is 1. The summed E-state index contributed by atoms with van der Waals surface area (Å²) in [6.45, 7) is 1.92. The van der Waals surface area contributed by atoms with Crippen molar-refractivity contribution in [3.05, 3.63) is 36.4 Å². The van der Waals surface area contributed by atoms with E-state index >= 15 is 0 Å². The molecule has 2 aromatic rings. The first kappa shape index (κ1) is 14.4. The summed E-state index contributed by atoms with van der Waals surface area (Å²) in [5, 5.41) is 5.37. The second-order valence-corrected chi connectivity index (χ2v) is 6.27.